The minimum atomic E-state index is -0.581. The Kier molecular flexibility index (Phi) is 4.18. The highest BCUT2D eigenvalue weighted by atomic mass is 16.6. The van der Waals surface area contributed by atoms with Gasteiger partial charge in [-0.15, -0.1) is 0 Å². The van der Waals surface area contributed by atoms with E-state index in [-0.39, 0.29) is 5.92 Å². The minimum absolute atomic E-state index is 0.0718. The molecule has 1 amide bonds. The van der Waals surface area contributed by atoms with Gasteiger partial charge in [0.15, 0.2) is 0 Å². The molecule has 0 spiro atoms. The van der Waals surface area contributed by atoms with Crippen LogP contribution in [0.25, 0.3) is 0 Å². The lowest BCUT2D eigenvalue weighted by atomic mass is 9.91. The second-order valence-corrected chi connectivity index (χ2v) is 6.06. The Morgan fingerprint density at radius 1 is 1.45 bits per heavy atom. The highest BCUT2D eigenvalue weighted by Gasteiger charge is 2.28. The molecule has 0 radical (unpaired) electrons. The van der Waals surface area contributed by atoms with Crippen LogP contribution in [0.1, 0.15) is 32.4 Å². The van der Waals surface area contributed by atoms with Crippen LogP contribution in [-0.2, 0) is 4.74 Å². The van der Waals surface area contributed by atoms with Crippen LogP contribution in [0, 0.1) is 5.92 Å². The van der Waals surface area contributed by atoms with E-state index in [2.05, 4.69) is 10.6 Å². The number of hydrogen-bond donors (Lipinski definition) is 3. The number of para-hydroxylation sites is 1. The number of ether oxygens (including phenoxy) is 1. The average Bonchev–Trinajstić information content (AvgIpc) is 2.36. The van der Waals surface area contributed by atoms with Crippen LogP contribution in [0.15, 0.2) is 24.3 Å². The zero-order chi connectivity index (χ0) is 14.8. The van der Waals surface area contributed by atoms with Gasteiger partial charge in [0.2, 0.25) is 0 Å². The predicted octanol–water partition coefficient (Wildman–Crippen LogP) is 2.29. The van der Waals surface area contributed by atoms with Gasteiger partial charge in [0.1, 0.15) is 5.60 Å². The first-order valence-electron chi connectivity index (χ1n) is 6.84. The smallest absolute Gasteiger partial charge is 0.407 e. The summed E-state index contributed by atoms with van der Waals surface area (Å²) in [6.07, 6.45) is -1.04. The Morgan fingerprint density at radius 3 is 2.85 bits per heavy atom. The van der Waals surface area contributed by atoms with Gasteiger partial charge in [0, 0.05) is 30.3 Å². The quantitative estimate of drug-likeness (QED) is 0.776. The summed E-state index contributed by atoms with van der Waals surface area (Å²) in [5.74, 6) is -0.0718. The van der Waals surface area contributed by atoms with Gasteiger partial charge < -0.3 is 20.5 Å². The van der Waals surface area contributed by atoms with Gasteiger partial charge >= 0.3 is 6.09 Å². The summed E-state index contributed by atoms with van der Waals surface area (Å²) >= 11 is 0. The fourth-order valence-electron chi connectivity index (χ4n) is 2.23. The van der Waals surface area contributed by atoms with Gasteiger partial charge in [-0.25, -0.2) is 4.79 Å². The summed E-state index contributed by atoms with van der Waals surface area (Å²) in [6.45, 7) is 6.45. The molecule has 0 unspecified atom stereocenters. The molecule has 1 heterocycles. The van der Waals surface area contributed by atoms with Crippen LogP contribution in [0.4, 0.5) is 10.5 Å². The van der Waals surface area contributed by atoms with Gasteiger partial charge in [0.05, 0.1) is 6.10 Å². The first kappa shape index (κ1) is 14.7. The number of aliphatic hydroxyl groups excluding tert-OH is 1. The van der Waals surface area contributed by atoms with Crippen LogP contribution in [0.2, 0.25) is 0 Å². The molecule has 2 rings (SSSR count). The molecule has 0 bridgehead atoms. The Morgan fingerprint density at radius 2 is 2.15 bits per heavy atom. The van der Waals surface area contributed by atoms with Crippen molar-refractivity contribution in [3.05, 3.63) is 29.8 Å². The third-order valence-corrected chi connectivity index (χ3v) is 3.19. The monoisotopic (exact) mass is 278 g/mol. The summed E-state index contributed by atoms with van der Waals surface area (Å²) < 4.78 is 5.18. The Labute approximate surface area is 119 Å². The molecular formula is C15H22N2O3. The summed E-state index contributed by atoms with van der Waals surface area (Å²) in [7, 11) is 0. The van der Waals surface area contributed by atoms with Crippen LogP contribution >= 0.6 is 0 Å². The second kappa shape index (κ2) is 5.71. The number of carbonyl (C=O) groups excluding carboxylic acids is 1. The van der Waals surface area contributed by atoms with E-state index in [0.29, 0.717) is 13.1 Å². The predicted molar refractivity (Wildman–Crippen MR) is 77.6 cm³/mol. The van der Waals surface area contributed by atoms with E-state index in [1.165, 1.54) is 0 Å². The molecule has 0 fully saturated rings. The van der Waals surface area contributed by atoms with Gasteiger partial charge in [-0.1, -0.05) is 18.2 Å². The van der Waals surface area contributed by atoms with Crippen molar-refractivity contribution in [3.8, 4) is 0 Å². The zero-order valence-electron chi connectivity index (χ0n) is 12.1. The highest BCUT2D eigenvalue weighted by Crippen LogP contribution is 2.32. The minimum Gasteiger partial charge on any atom is -0.444 e. The van der Waals surface area contributed by atoms with Gasteiger partial charge in [-0.3, -0.25) is 0 Å². The van der Waals surface area contributed by atoms with E-state index in [9.17, 15) is 9.90 Å². The lowest BCUT2D eigenvalue weighted by molar-refractivity contribution is 0.0487. The molecule has 20 heavy (non-hydrogen) atoms. The number of alkyl carbamates (subject to hydrolysis) is 1. The number of anilines is 1. The second-order valence-electron chi connectivity index (χ2n) is 6.06. The number of carbonyl (C=O) groups is 1. The zero-order valence-corrected chi connectivity index (χ0v) is 12.1. The number of hydrogen-bond acceptors (Lipinski definition) is 4. The lowest BCUT2D eigenvalue weighted by Crippen LogP contribution is -2.40. The molecule has 0 aliphatic carbocycles. The molecule has 1 aliphatic rings. The summed E-state index contributed by atoms with van der Waals surface area (Å²) in [5.41, 5.74) is 1.31. The summed E-state index contributed by atoms with van der Waals surface area (Å²) in [4.78, 5) is 11.6. The average molecular weight is 278 g/mol. The molecule has 0 saturated carbocycles. The van der Waals surface area contributed by atoms with E-state index in [0.717, 1.165) is 11.3 Å². The number of aliphatic hydroxyl groups is 1. The van der Waals surface area contributed by atoms with Gasteiger partial charge in [0.25, 0.3) is 0 Å². The Hall–Kier alpha value is -1.75. The highest BCUT2D eigenvalue weighted by molar-refractivity contribution is 5.67. The number of fused-ring (bicyclic) bond motifs is 1. The number of amides is 1. The van der Waals surface area contributed by atoms with Crippen molar-refractivity contribution in [2.24, 2.45) is 5.92 Å². The van der Waals surface area contributed by atoms with E-state index in [1.54, 1.807) is 0 Å². The lowest BCUT2D eigenvalue weighted by Gasteiger charge is -2.31. The first-order valence-corrected chi connectivity index (χ1v) is 6.84. The summed E-state index contributed by atoms with van der Waals surface area (Å²) in [6, 6.07) is 7.66. The molecule has 3 N–H and O–H groups in total. The van der Waals surface area contributed by atoms with Crippen LogP contribution in [0.5, 0.6) is 0 Å². The fourth-order valence-corrected chi connectivity index (χ4v) is 2.23. The van der Waals surface area contributed by atoms with Crippen molar-refractivity contribution in [3.63, 3.8) is 0 Å². The molecule has 1 aliphatic heterocycles. The Bertz CT molecular complexity index is 482. The molecule has 5 nitrogen and oxygen atoms in total. The SMILES string of the molecule is CC(C)(C)OC(=O)NC[C@H]1CNc2ccccc2[C@H]1O. The fraction of sp³-hybridized carbons (Fsp3) is 0.533. The molecule has 1 aromatic carbocycles. The van der Waals surface area contributed by atoms with Crippen molar-refractivity contribution in [1.29, 1.82) is 0 Å². The summed E-state index contributed by atoms with van der Waals surface area (Å²) in [5, 5.41) is 16.3. The van der Waals surface area contributed by atoms with Gasteiger partial charge in [-0.2, -0.15) is 0 Å². The van der Waals surface area contributed by atoms with Crippen molar-refractivity contribution in [2.45, 2.75) is 32.5 Å². The van der Waals surface area contributed by atoms with Gasteiger partial charge in [-0.05, 0) is 26.8 Å². The van der Waals surface area contributed by atoms with Crippen molar-refractivity contribution in [1.82, 2.24) is 5.32 Å². The van der Waals surface area contributed by atoms with Crippen LogP contribution in [0.3, 0.4) is 0 Å². The third-order valence-electron chi connectivity index (χ3n) is 3.19. The Balaban J connectivity index is 1.91. The molecule has 0 saturated heterocycles. The molecule has 1 aromatic rings. The number of rotatable bonds is 2. The molecule has 2 atom stereocenters. The molecule has 110 valence electrons. The maximum atomic E-state index is 11.6. The normalized spacial score (nSPS) is 21.6. The van der Waals surface area contributed by atoms with Crippen LogP contribution < -0.4 is 10.6 Å². The van der Waals surface area contributed by atoms with Crippen molar-refractivity contribution >= 4 is 11.8 Å². The third kappa shape index (κ3) is 3.63. The number of benzene rings is 1. The number of nitrogens with one attached hydrogen (secondary N) is 2. The topological polar surface area (TPSA) is 70.6 Å². The van der Waals surface area contributed by atoms with E-state index in [1.807, 2.05) is 45.0 Å². The maximum absolute atomic E-state index is 11.6. The van der Waals surface area contributed by atoms with E-state index in [4.69, 9.17) is 4.74 Å². The largest absolute Gasteiger partial charge is 0.444 e. The standard InChI is InChI=1S/C15H22N2O3/c1-15(2,3)20-14(19)17-9-10-8-16-12-7-5-4-6-11(12)13(10)18/h4-7,10,13,16,18H,8-9H2,1-3H3,(H,17,19)/t10-,13+/m1/s1. The first-order chi connectivity index (χ1) is 9.37. The van der Waals surface area contributed by atoms with Crippen molar-refractivity contribution < 1.29 is 14.6 Å². The molecule has 5 heteroatoms. The van der Waals surface area contributed by atoms with E-state index >= 15 is 0 Å². The molecular weight excluding hydrogens is 256 g/mol. The van der Waals surface area contributed by atoms with E-state index < -0.39 is 17.8 Å². The van der Waals surface area contributed by atoms with Crippen molar-refractivity contribution in [2.75, 3.05) is 18.4 Å². The maximum Gasteiger partial charge on any atom is 0.407 e. The van der Waals surface area contributed by atoms with Crippen LogP contribution in [-0.4, -0.2) is 29.9 Å². The molecule has 0 aromatic heterocycles.